The highest BCUT2D eigenvalue weighted by atomic mass is 15.2. The van der Waals surface area contributed by atoms with E-state index in [1.807, 2.05) is 55.0 Å². The van der Waals surface area contributed by atoms with Crippen molar-refractivity contribution in [1.29, 1.82) is 0 Å². The minimum absolute atomic E-state index is 0.834. The molecule has 6 nitrogen and oxygen atoms in total. The SMILES string of the molecule is c1ccc(N(c2ccc(-c3ccc4c(c3)c3cccnc3n4-c3ccccn3)cc2)c2ccc3ccc4cccnc4c3n2)cc1. The number of benzene rings is 4. The second-order valence-corrected chi connectivity index (χ2v) is 11.2. The molecule has 0 aliphatic carbocycles. The number of fused-ring (bicyclic) bond motifs is 6. The fourth-order valence-electron chi connectivity index (χ4n) is 6.38. The number of hydrogen-bond acceptors (Lipinski definition) is 5. The van der Waals surface area contributed by atoms with Gasteiger partial charge in [-0.1, -0.05) is 60.7 Å². The van der Waals surface area contributed by atoms with Crippen molar-refractivity contribution in [3.63, 3.8) is 0 Å². The van der Waals surface area contributed by atoms with E-state index in [2.05, 4.69) is 123 Å². The van der Waals surface area contributed by atoms with Crippen LogP contribution in [0.15, 0.2) is 158 Å². The van der Waals surface area contributed by atoms with Gasteiger partial charge in [0.2, 0.25) is 0 Å². The van der Waals surface area contributed by atoms with Crippen molar-refractivity contribution < 1.29 is 0 Å². The van der Waals surface area contributed by atoms with E-state index in [1.165, 1.54) is 0 Å². The minimum Gasteiger partial charge on any atom is -0.295 e. The summed E-state index contributed by atoms with van der Waals surface area (Å²) in [5.41, 5.74) is 8.08. The molecule has 5 aromatic heterocycles. The monoisotopic (exact) mass is 590 g/mol. The molecule has 0 bridgehead atoms. The minimum atomic E-state index is 0.834. The Morgan fingerprint density at radius 2 is 1.20 bits per heavy atom. The van der Waals surface area contributed by atoms with Crippen LogP contribution in [0.3, 0.4) is 0 Å². The van der Waals surface area contributed by atoms with Crippen molar-refractivity contribution in [1.82, 2.24) is 24.5 Å². The van der Waals surface area contributed by atoms with Crippen molar-refractivity contribution in [2.24, 2.45) is 0 Å². The van der Waals surface area contributed by atoms with Crippen LogP contribution in [0.5, 0.6) is 0 Å². The first kappa shape index (κ1) is 26.0. The third-order valence-electron chi connectivity index (χ3n) is 8.52. The van der Waals surface area contributed by atoms with Crippen LogP contribution in [0.1, 0.15) is 0 Å². The zero-order chi connectivity index (χ0) is 30.5. The quantitative estimate of drug-likeness (QED) is 0.187. The largest absolute Gasteiger partial charge is 0.295 e. The van der Waals surface area contributed by atoms with Crippen LogP contribution >= 0.6 is 0 Å². The Morgan fingerprint density at radius 1 is 0.478 bits per heavy atom. The van der Waals surface area contributed by atoms with Gasteiger partial charge in [-0.15, -0.1) is 0 Å². The van der Waals surface area contributed by atoms with Gasteiger partial charge in [-0.05, 0) is 90.0 Å². The molecular weight excluding hydrogens is 564 g/mol. The molecular formula is C40H26N6. The molecule has 0 saturated heterocycles. The average molecular weight is 591 g/mol. The molecule has 0 amide bonds. The molecule has 0 spiro atoms. The average Bonchev–Trinajstić information content (AvgIpc) is 3.46. The second-order valence-electron chi connectivity index (χ2n) is 11.2. The summed E-state index contributed by atoms with van der Waals surface area (Å²) >= 11 is 0. The van der Waals surface area contributed by atoms with Crippen LogP contribution in [0.4, 0.5) is 17.2 Å². The smallest absolute Gasteiger partial charge is 0.146 e. The third kappa shape index (κ3) is 4.27. The fourth-order valence-corrected chi connectivity index (χ4v) is 6.38. The van der Waals surface area contributed by atoms with Crippen molar-refractivity contribution >= 4 is 60.9 Å². The van der Waals surface area contributed by atoms with E-state index < -0.39 is 0 Å². The van der Waals surface area contributed by atoms with Crippen molar-refractivity contribution in [2.45, 2.75) is 0 Å². The molecule has 0 aliphatic rings. The zero-order valence-corrected chi connectivity index (χ0v) is 24.7. The number of hydrogen-bond donors (Lipinski definition) is 0. The van der Waals surface area contributed by atoms with Gasteiger partial charge in [-0.3, -0.25) is 14.5 Å². The normalized spacial score (nSPS) is 11.5. The van der Waals surface area contributed by atoms with E-state index in [-0.39, 0.29) is 0 Å². The van der Waals surface area contributed by atoms with Gasteiger partial charge in [-0.2, -0.15) is 0 Å². The van der Waals surface area contributed by atoms with Crippen LogP contribution in [-0.2, 0) is 0 Å². The fraction of sp³-hybridized carbons (Fsp3) is 0. The summed E-state index contributed by atoms with van der Waals surface area (Å²) in [7, 11) is 0. The summed E-state index contributed by atoms with van der Waals surface area (Å²) in [6.07, 6.45) is 5.48. The van der Waals surface area contributed by atoms with Crippen LogP contribution in [0.2, 0.25) is 0 Å². The van der Waals surface area contributed by atoms with Crippen molar-refractivity contribution in [3.8, 4) is 16.9 Å². The van der Waals surface area contributed by atoms with Gasteiger partial charge in [0.25, 0.3) is 0 Å². The Labute approximate surface area is 264 Å². The van der Waals surface area contributed by atoms with E-state index >= 15 is 0 Å². The highest BCUT2D eigenvalue weighted by molar-refractivity contribution is 6.09. The Hall–Kier alpha value is -6.40. The molecule has 0 aliphatic heterocycles. The third-order valence-corrected chi connectivity index (χ3v) is 8.52. The van der Waals surface area contributed by atoms with E-state index in [4.69, 9.17) is 9.97 Å². The van der Waals surface area contributed by atoms with Gasteiger partial charge in [0, 0.05) is 51.5 Å². The van der Waals surface area contributed by atoms with Crippen LogP contribution in [0, 0.1) is 0 Å². The van der Waals surface area contributed by atoms with Crippen molar-refractivity contribution in [2.75, 3.05) is 4.90 Å². The maximum Gasteiger partial charge on any atom is 0.146 e. The molecule has 0 fully saturated rings. The Balaban J connectivity index is 1.15. The Morgan fingerprint density at radius 3 is 2.04 bits per heavy atom. The number of nitrogens with zero attached hydrogens (tertiary/aromatic N) is 6. The lowest BCUT2D eigenvalue weighted by Crippen LogP contribution is -2.11. The maximum atomic E-state index is 5.18. The molecule has 5 heterocycles. The summed E-state index contributed by atoms with van der Waals surface area (Å²) in [5.74, 6) is 1.69. The van der Waals surface area contributed by atoms with Gasteiger partial charge >= 0.3 is 0 Å². The summed E-state index contributed by atoms with van der Waals surface area (Å²) in [6.45, 7) is 0. The van der Waals surface area contributed by atoms with Crippen LogP contribution in [0.25, 0.3) is 60.7 Å². The second kappa shape index (κ2) is 10.6. The number of para-hydroxylation sites is 1. The molecule has 216 valence electrons. The number of rotatable bonds is 5. The molecule has 0 unspecified atom stereocenters. The maximum absolute atomic E-state index is 5.18. The first-order valence-corrected chi connectivity index (χ1v) is 15.2. The molecule has 0 saturated carbocycles. The lowest BCUT2D eigenvalue weighted by molar-refractivity contribution is 1.06. The number of aromatic nitrogens is 5. The van der Waals surface area contributed by atoms with Crippen LogP contribution < -0.4 is 4.90 Å². The highest BCUT2D eigenvalue weighted by Gasteiger charge is 2.17. The van der Waals surface area contributed by atoms with E-state index in [0.29, 0.717) is 0 Å². The van der Waals surface area contributed by atoms with Gasteiger partial charge < -0.3 is 0 Å². The molecule has 4 aromatic carbocycles. The lowest BCUT2D eigenvalue weighted by atomic mass is 10.0. The summed E-state index contributed by atoms with van der Waals surface area (Å²) in [5, 5.41) is 4.38. The standard InChI is InChI=1S/C40H26N6/c1-2-9-31(10-3-1)45(37-22-18-29-14-13-28-8-6-24-42-38(28)39(29)44-37)32-19-15-27(16-20-32)30-17-21-35-34(26-30)33-11-7-25-43-40(33)46(35)36-12-4-5-23-41-36/h1-26H. The highest BCUT2D eigenvalue weighted by Crippen LogP contribution is 2.37. The molecule has 0 atom stereocenters. The van der Waals surface area contributed by atoms with E-state index in [0.717, 1.165) is 77.9 Å². The summed E-state index contributed by atoms with van der Waals surface area (Å²) in [4.78, 5) is 21.4. The van der Waals surface area contributed by atoms with Crippen LogP contribution in [-0.4, -0.2) is 24.5 Å². The summed E-state index contributed by atoms with van der Waals surface area (Å²) in [6, 6.07) is 48.2. The lowest BCUT2D eigenvalue weighted by Gasteiger charge is -2.25. The van der Waals surface area contributed by atoms with Crippen molar-refractivity contribution in [3.05, 3.63) is 158 Å². The number of anilines is 3. The molecule has 9 rings (SSSR count). The molecule has 0 N–H and O–H groups in total. The van der Waals surface area contributed by atoms with E-state index in [1.54, 1.807) is 0 Å². The first-order chi connectivity index (χ1) is 22.8. The van der Waals surface area contributed by atoms with Gasteiger partial charge in [0.15, 0.2) is 0 Å². The Kier molecular flexibility index (Phi) is 6.03. The number of pyridine rings is 4. The topological polar surface area (TPSA) is 59.7 Å². The van der Waals surface area contributed by atoms with Gasteiger partial charge in [0.05, 0.1) is 16.6 Å². The zero-order valence-electron chi connectivity index (χ0n) is 24.7. The Bertz CT molecular complexity index is 2520. The molecule has 6 heteroatoms. The molecule has 0 radical (unpaired) electrons. The van der Waals surface area contributed by atoms with Gasteiger partial charge in [-0.25, -0.2) is 15.0 Å². The molecule has 9 aromatic rings. The predicted octanol–water partition coefficient (Wildman–Crippen LogP) is 9.81. The predicted molar refractivity (Wildman–Crippen MR) is 187 cm³/mol. The molecule has 46 heavy (non-hydrogen) atoms. The summed E-state index contributed by atoms with van der Waals surface area (Å²) < 4.78 is 2.13. The van der Waals surface area contributed by atoms with E-state index in [9.17, 15) is 0 Å². The first-order valence-electron chi connectivity index (χ1n) is 15.2. The van der Waals surface area contributed by atoms with Gasteiger partial charge in [0.1, 0.15) is 17.3 Å².